The third-order valence-electron chi connectivity index (χ3n) is 4.95. The molecule has 2 aromatic rings. The van der Waals surface area contributed by atoms with Crippen LogP contribution in [0.25, 0.3) is 0 Å². The summed E-state index contributed by atoms with van der Waals surface area (Å²) < 4.78 is 0. The number of aliphatic imine (C=N–C) groups is 1. The van der Waals surface area contributed by atoms with Crippen molar-refractivity contribution in [2.45, 2.75) is 45.1 Å². The van der Waals surface area contributed by atoms with Gasteiger partial charge in [0.2, 0.25) is 0 Å². The molecule has 0 aromatic heterocycles. The Morgan fingerprint density at radius 2 is 1.89 bits per heavy atom. The van der Waals surface area contributed by atoms with Gasteiger partial charge in [-0.15, -0.1) is 0 Å². The first-order valence-electron chi connectivity index (χ1n) is 9.18. The van der Waals surface area contributed by atoms with Gasteiger partial charge in [0.1, 0.15) is 0 Å². The van der Waals surface area contributed by atoms with Crippen LogP contribution in [0.2, 0.25) is 0 Å². The quantitative estimate of drug-likeness (QED) is 0.794. The number of rotatable bonds is 3. The van der Waals surface area contributed by atoms with Crippen LogP contribution in [-0.4, -0.2) is 16.8 Å². The number of anilines is 1. The number of hydrogen-bond donors (Lipinski definition) is 2. The molecule has 0 spiro atoms. The Bertz CT molecular complexity index is 868. The summed E-state index contributed by atoms with van der Waals surface area (Å²) >= 11 is 1.59. The molecule has 0 aliphatic carbocycles. The molecule has 3 N–H and O–H groups in total. The number of hydrogen-bond acceptors (Lipinski definition) is 4. The molecule has 1 atom stereocenters. The van der Waals surface area contributed by atoms with Crippen molar-refractivity contribution in [2.24, 2.45) is 10.7 Å². The van der Waals surface area contributed by atoms with Crippen LogP contribution >= 0.6 is 11.8 Å². The lowest BCUT2D eigenvalue weighted by Gasteiger charge is -2.30. The molecule has 5 heteroatoms. The van der Waals surface area contributed by atoms with Gasteiger partial charge in [-0.2, -0.15) is 0 Å². The van der Waals surface area contributed by atoms with Crippen molar-refractivity contribution in [3.63, 3.8) is 0 Å². The largest absolute Gasteiger partial charge is 0.379 e. The zero-order valence-corrected chi connectivity index (χ0v) is 17.2. The summed E-state index contributed by atoms with van der Waals surface area (Å²) in [4.78, 5) is 17.3. The van der Waals surface area contributed by atoms with Gasteiger partial charge in [0.15, 0.2) is 5.17 Å². The zero-order valence-electron chi connectivity index (χ0n) is 16.4. The van der Waals surface area contributed by atoms with Crippen LogP contribution in [0.5, 0.6) is 0 Å². The summed E-state index contributed by atoms with van der Waals surface area (Å²) in [5.41, 5.74) is 9.34. The maximum absolute atomic E-state index is 12.6. The van der Waals surface area contributed by atoms with Gasteiger partial charge in [0.25, 0.3) is 5.91 Å². The summed E-state index contributed by atoms with van der Waals surface area (Å²) in [5.74, 6) is 0.836. The lowest BCUT2D eigenvalue weighted by molar-refractivity contribution is 0.102. The van der Waals surface area contributed by atoms with E-state index in [2.05, 4.69) is 38.0 Å². The fourth-order valence-corrected chi connectivity index (χ4v) is 4.13. The Morgan fingerprint density at radius 3 is 2.52 bits per heavy atom. The number of amides is 1. The Balaban J connectivity index is 1.78. The Labute approximate surface area is 165 Å². The van der Waals surface area contributed by atoms with Gasteiger partial charge in [0.05, 0.1) is 5.54 Å². The fraction of sp³-hybridized carbons (Fsp3) is 0.364. The first kappa shape index (κ1) is 19.5. The van der Waals surface area contributed by atoms with Gasteiger partial charge in [0, 0.05) is 17.0 Å². The van der Waals surface area contributed by atoms with Crippen molar-refractivity contribution in [2.75, 3.05) is 11.1 Å². The second kappa shape index (κ2) is 7.39. The molecular weight excluding hydrogens is 354 g/mol. The minimum atomic E-state index is -0.343. The van der Waals surface area contributed by atoms with Crippen molar-refractivity contribution in [3.05, 3.63) is 65.2 Å². The molecule has 0 fully saturated rings. The van der Waals surface area contributed by atoms with E-state index in [9.17, 15) is 4.79 Å². The van der Waals surface area contributed by atoms with Gasteiger partial charge in [-0.05, 0) is 54.2 Å². The number of nitrogens with zero attached hydrogens (tertiary/aromatic N) is 1. The lowest BCUT2D eigenvalue weighted by Crippen LogP contribution is -2.28. The first-order valence-corrected chi connectivity index (χ1v) is 10.2. The molecule has 1 amide bonds. The third kappa shape index (κ3) is 4.53. The minimum absolute atomic E-state index is 0.0689. The van der Waals surface area contributed by atoms with E-state index in [4.69, 9.17) is 5.73 Å². The maximum Gasteiger partial charge on any atom is 0.255 e. The van der Waals surface area contributed by atoms with Crippen LogP contribution < -0.4 is 11.1 Å². The highest BCUT2D eigenvalue weighted by molar-refractivity contribution is 8.13. The molecule has 0 saturated carbocycles. The minimum Gasteiger partial charge on any atom is -0.379 e. The molecule has 1 heterocycles. The molecule has 2 aromatic carbocycles. The molecule has 1 aliphatic rings. The molecule has 1 unspecified atom stereocenters. The SMILES string of the molecule is CC(C)(C)c1ccc(C(=O)Nc2cccc(C3(C)CCSC(N)=N3)c2)cc1. The van der Waals surface area contributed by atoms with Crippen molar-refractivity contribution in [3.8, 4) is 0 Å². The molecule has 3 rings (SSSR count). The van der Waals surface area contributed by atoms with Crippen LogP contribution in [0.3, 0.4) is 0 Å². The summed E-state index contributed by atoms with van der Waals surface area (Å²) in [6, 6.07) is 15.7. The summed E-state index contributed by atoms with van der Waals surface area (Å²) in [5, 5.41) is 3.62. The van der Waals surface area contributed by atoms with Crippen molar-refractivity contribution in [1.82, 2.24) is 0 Å². The van der Waals surface area contributed by atoms with Crippen LogP contribution in [0.15, 0.2) is 53.5 Å². The van der Waals surface area contributed by atoms with E-state index in [1.54, 1.807) is 11.8 Å². The van der Waals surface area contributed by atoms with Crippen LogP contribution in [0, 0.1) is 0 Å². The van der Waals surface area contributed by atoms with E-state index < -0.39 is 0 Å². The Kier molecular flexibility index (Phi) is 5.33. The molecule has 27 heavy (non-hydrogen) atoms. The van der Waals surface area contributed by atoms with Crippen molar-refractivity contribution in [1.29, 1.82) is 0 Å². The Morgan fingerprint density at radius 1 is 1.19 bits per heavy atom. The van der Waals surface area contributed by atoms with E-state index in [0.717, 1.165) is 23.4 Å². The number of benzene rings is 2. The number of amidine groups is 1. The highest BCUT2D eigenvalue weighted by Crippen LogP contribution is 2.36. The summed E-state index contributed by atoms with van der Waals surface area (Å²) in [7, 11) is 0. The standard InChI is InChI=1S/C22H27N3OS/c1-21(2,3)16-10-8-15(9-11-16)19(26)24-18-7-5-6-17(14-18)22(4)12-13-27-20(23)25-22/h5-11,14H,12-13H2,1-4H3,(H2,23,25)(H,24,26). The molecule has 0 bridgehead atoms. The molecule has 1 aliphatic heterocycles. The topological polar surface area (TPSA) is 67.5 Å². The second-order valence-corrected chi connectivity index (χ2v) is 9.30. The van der Waals surface area contributed by atoms with E-state index in [-0.39, 0.29) is 16.9 Å². The molecular formula is C22H27N3OS. The predicted octanol–water partition coefficient (Wildman–Crippen LogP) is 4.90. The second-order valence-electron chi connectivity index (χ2n) is 8.18. The lowest BCUT2D eigenvalue weighted by atomic mass is 9.86. The number of carbonyl (C=O) groups excluding carboxylic acids is 1. The number of thioether (sulfide) groups is 1. The van der Waals surface area contributed by atoms with E-state index >= 15 is 0 Å². The van der Waals surface area contributed by atoms with Crippen molar-refractivity contribution >= 4 is 28.5 Å². The van der Waals surface area contributed by atoms with Gasteiger partial charge in [-0.1, -0.05) is 56.8 Å². The van der Waals surface area contributed by atoms with E-state index in [0.29, 0.717) is 10.7 Å². The van der Waals surface area contributed by atoms with Gasteiger partial charge >= 0.3 is 0 Å². The number of carbonyl (C=O) groups is 1. The average molecular weight is 382 g/mol. The van der Waals surface area contributed by atoms with Gasteiger partial charge < -0.3 is 11.1 Å². The molecule has 0 radical (unpaired) electrons. The average Bonchev–Trinajstić information content (AvgIpc) is 2.61. The molecule has 4 nitrogen and oxygen atoms in total. The van der Waals surface area contributed by atoms with Crippen molar-refractivity contribution < 1.29 is 4.79 Å². The first-order chi connectivity index (χ1) is 12.7. The summed E-state index contributed by atoms with van der Waals surface area (Å²) in [6.45, 7) is 8.57. The molecule has 0 saturated heterocycles. The van der Waals surface area contributed by atoms with Gasteiger partial charge in [-0.25, -0.2) is 0 Å². The van der Waals surface area contributed by atoms with E-state index in [1.165, 1.54) is 5.56 Å². The summed E-state index contributed by atoms with van der Waals surface area (Å²) in [6.07, 6.45) is 0.921. The van der Waals surface area contributed by atoms with E-state index in [1.807, 2.05) is 48.5 Å². The Hall–Kier alpha value is -2.27. The number of nitrogens with one attached hydrogen (secondary N) is 1. The third-order valence-corrected chi connectivity index (χ3v) is 5.75. The highest BCUT2D eigenvalue weighted by atomic mass is 32.2. The van der Waals surface area contributed by atoms with Crippen LogP contribution in [0.1, 0.15) is 55.6 Å². The zero-order chi connectivity index (χ0) is 19.7. The van der Waals surface area contributed by atoms with Crippen LogP contribution in [-0.2, 0) is 11.0 Å². The molecule has 142 valence electrons. The monoisotopic (exact) mass is 381 g/mol. The van der Waals surface area contributed by atoms with Gasteiger partial charge in [-0.3, -0.25) is 9.79 Å². The number of nitrogens with two attached hydrogens (primary N) is 1. The smallest absolute Gasteiger partial charge is 0.255 e. The predicted molar refractivity (Wildman–Crippen MR) is 116 cm³/mol. The fourth-order valence-electron chi connectivity index (χ4n) is 3.15. The normalized spacial score (nSPS) is 20.1. The van der Waals surface area contributed by atoms with Crippen LogP contribution in [0.4, 0.5) is 5.69 Å². The highest BCUT2D eigenvalue weighted by Gasteiger charge is 2.29. The maximum atomic E-state index is 12.6.